The first-order chi connectivity index (χ1) is 14.3. The molecule has 4 rings (SSSR count). The first-order valence-corrected chi connectivity index (χ1v) is 8.69. The highest BCUT2D eigenvalue weighted by atomic mass is 19.4. The van der Waals surface area contributed by atoms with Gasteiger partial charge in [-0.2, -0.15) is 13.2 Å². The number of alkyl halides is 3. The molecule has 0 saturated carbocycles. The Labute approximate surface area is 166 Å². The number of aromatic nitrogens is 3. The summed E-state index contributed by atoms with van der Waals surface area (Å²) in [7, 11) is 0. The quantitative estimate of drug-likeness (QED) is 0.656. The first kappa shape index (κ1) is 19.6. The average Bonchev–Trinajstić information content (AvgIpc) is 3.38. The smallest absolute Gasteiger partial charge is 0.382 e. The maximum atomic E-state index is 13.3. The van der Waals surface area contributed by atoms with Crippen molar-refractivity contribution in [3.05, 3.63) is 71.8 Å². The van der Waals surface area contributed by atoms with E-state index in [1.165, 1.54) is 42.5 Å². The summed E-state index contributed by atoms with van der Waals surface area (Å²) in [6.45, 7) is 0. The zero-order valence-electron chi connectivity index (χ0n) is 15.1. The number of hydrogen-bond acceptors (Lipinski definition) is 5. The average molecular weight is 419 g/mol. The number of carbonyl (C=O) groups is 1. The minimum absolute atomic E-state index is 0.131. The van der Waals surface area contributed by atoms with E-state index in [-0.39, 0.29) is 12.1 Å². The number of benzene rings is 2. The number of amides is 1. The van der Waals surface area contributed by atoms with Crippen LogP contribution in [0.5, 0.6) is 0 Å². The highest BCUT2D eigenvalue weighted by Gasteiger charge is 2.36. The van der Waals surface area contributed by atoms with Crippen molar-refractivity contribution in [1.82, 2.24) is 15.0 Å². The summed E-state index contributed by atoms with van der Waals surface area (Å²) in [5.41, 5.74) is 0.423. The van der Waals surface area contributed by atoms with Crippen molar-refractivity contribution in [1.29, 1.82) is 0 Å². The predicted octanol–water partition coefficient (Wildman–Crippen LogP) is 3.56. The normalized spacial score (nSPS) is 16.1. The Morgan fingerprint density at radius 3 is 2.63 bits per heavy atom. The Balaban J connectivity index is 1.41. The lowest BCUT2D eigenvalue weighted by atomic mass is 10.0. The Kier molecular flexibility index (Phi) is 4.94. The topological polar surface area (TPSA) is 81.4 Å². The third-order valence-electron chi connectivity index (χ3n) is 4.34. The minimum Gasteiger partial charge on any atom is -0.382 e. The molecule has 1 aliphatic heterocycles. The van der Waals surface area contributed by atoms with E-state index < -0.39 is 29.7 Å². The molecule has 0 fully saturated rings. The molecule has 11 heteroatoms. The van der Waals surface area contributed by atoms with Crippen LogP contribution in [-0.4, -0.2) is 32.7 Å². The van der Waals surface area contributed by atoms with Gasteiger partial charge in [-0.3, -0.25) is 4.79 Å². The molecule has 1 amide bonds. The molecular formula is C19H13F4N5O2. The van der Waals surface area contributed by atoms with Crippen LogP contribution in [0.25, 0.3) is 5.69 Å². The molecule has 1 atom stereocenters. The van der Waals surface area contributed by atoms with Crippen LogP contribution in [-0.2, 0) is 15.8 Å². The van der Waals surface area contributed by atoms with Gasteiger partial charge < -0.3 is 10.2 Å². The van der Waals surface area contributed by atoms with Crippen molar-refractivity contribution in [3.8, 4) is 5.69 Å². The van der Waals surface area contributed by atoms with E-state index in [4.69, 9.17) is 4.84 Å². The van der Waals surface area contributed by atoms with Crippen molar-refractivity contribution in [2.75, 3.05) is 5.32 Å². The molecule has 1 unspecified atom stereocenters. The third-order valence-corrected chi connectivity index (χ3v) is 4.34. The van der Waals surface area contributed by atoms with Crippen LogP contribution in [0.2, 0.25) is 0 Å². The number of oxime groups is 1. The van der Waals surface area contributed by atoms with E-state index in [9.17, 15) is 22.4 Å². The Morgan fingerprint density at radius 2 is 1.93 bits per heavy atom. The maximum absolute atomic E-state index is 13.3. The molecule has 0 radical (unpaired) electrons. The van der Waals surface area contributed by atoms with Crippen molar-refractivity contribution < 1.29 is 27.2 Å². The van der Waals surface area contributed by atoms with Gasteiger partial charge in [0, 0.05) is 17.7 Å². The number of hydrogen-bond donors (Lipinski definition) is 1. The van der Waals surface area contributed by atoms with Crippen LogP contribution in [0.4, 0.5) is 23.2 Å². The van der Waals surface area contributed by atoms with Gasteiger partial charge in [0.05, 0.1) is 17.6 Å². The summed E-state index contributed by atoms with van der Waals surface area (Å²) in [6, 6.07) is 11.4. The molecule has 154 valence electrons. The van der Waals surface area contributed by atoms with Crippen LogP contribution in [0.3, 0.4) is 0 Å². The lowest BCUT2D eigenvalue weighted by Gasteiger charge is -2.11. The van der Waals surface area contributed by atoms with Crippen molar-refractivity contribution in [3.63, 3.8) is 0 Å². The fourth-order valence-electron chi connectivity index (χ4n) is 2.88. The molecule has 7 nitrogen and oxygen atoms in total. The molecule has 30 heavy (non-hydrogen) atoms. The lowest BCUT2D eigenvalue weighted by Crippen LogP contribution is -2.28. The molecular weight excluding hydrogens is 406 g/mol. The monoisotopic (exact) mass is 419 g/mol. The number of carbonyl (C=O) groups excluding carboxylic acids is 1. The second kappa shape index (κ2) is 7.58. The van der Waals surface area contributed by atoms with E-state index in [2.05, 4.69) is 20.8 Å². The Morgan fingerprint density at radius 1 is 1.17 bits per heavy atom. The molecule has 1 N–H and O–H groups in total. The van der Waals surface area contributed by atoms with Gasteiger partial charge in [-0.1, -0.05) is 22.5 Å². The Hall–Kier alpha value is -3.76. The highest BCUT2D eigenvalue weighted by Crippen LogP contribution is 2.30. The molecule has 0 bridgehead atoms. The number of anilines is 1. The lowest BCUT2D eigenvalue weighted by molar-refractivity contribution is -0.142. The zero-order chi connectivity index (χ0) is 21.3. The molecule has 3 aromatic rings. The molecule has 0 saturated heterocycles. The van der Waals surface area contributed by atoms with Gasteiger partial charge in [0.2, 0.25) is 6.10 Å². The van der Waals surface area contributed by atoms with Crippen LogP contribution in [0.1, 0.15) is 17.7 Å². The number of rotatable bonds is 4. The first-order valence-electron chi connectivity index (χ1n) is 8.69. The summed E-state index contributed by atoms with van der Waals surface area (Å²) in [6.07, 6.45) is -4.73. The SMILES string of the molecule is O=C(Nc1ccc(-n2nncc2C(F)(F)F)cc1)C1CC(c2cccc(F)c2)=NO1. The van der Waals surface area contributed by atoms with Crippen LogP contribution < -0.4 is 5.32 Å². The van der Waals surface area contributed by atoms with Gasteiger partial charge in [0.15, 0.2) is 5.69 Å². The predicted molar refractivity (Wildman–Crippen MR) is 97.4 cm³/mol. The minimum atomic E-state index is -4.60. The van der Waals surface area contributed by atoms with Gasteiger partial charge in [-0.25, -0.2) is 9.07 Å². The van der Waals surface area contributed by atoms with Gasteiger partial charge in [-0.05, 0) is 36.4 Å². The molecule has 2 aromatic carbocycles. The van der Waals surface area contributed by atoms with Gasteiger partial charge in [0.1, 0.15) is 5.82 Å². The number of nitrogens with one attached hydrogen (secondary N) is 1. The van der Waals surface area contributed by atoms with E-state index in [0.717, 1.165) is 0 Å². The number of nitrogens with zero attached hydrogens (tertiary/aromatic N) is 4. The van der Waals surface area contributed by atoms with Crippen molar-refractivity contribution in [2.24, 2.45) is 5.16 Å². The number of halogens is 4. The van der Waals surface area contributed by atoms with E-state index in [1.54, 1.807) is 6.07 Å². The standard InChI is InChI=1S/C19H13F4N5O2/c20-12-3-1-2-11(8-12)15-9-16(30-26-15)18(29)25-13-4-6-14(7-5-13)28-17(10-24-27-28)19(21,22)23/h1-8,10,16H,9H2,(H,25,29). The Bertz CT molecular complexity index is 1110. The second-order valence-electron chi connectivity index (χ2n) is 6.41. The molecule has 0 aliphatic carbocycles. The summed E-state index contributed by atoms with van der Waals surface area (Å²) in [4.78, 5) is 17.5. The highest BCUT2D eigenvalue weighted by molar-refractivity contribution is 6.06. The van der Waals surface area contributed by atoms with Crippen LogP contribution in [0.15, 0.2) is 59.9 Å². The largest absolute Gasteiger partial charge is 0.435 e. The summed E-state index contributed by atoms with van der Waals surface area (Å²) < 4.78 is 52.9. The summed E-state index contributed by atoms with van der Waals surface area (Å²) in [5, 5.41) is 13.2. The molecule has 2 heterocycles. The third kappa shape index (κ3) is 4.00. The van der Waals surface area contributed by atoms with Gasteiger partial charge in [-0.15, -0.1) is 5.10 Å². The van der Waals surface area contributed by atoms with Gasteiger partial charge >= 0.3 is 6.18 Å². The fourth-order valence-corrected chi connectivity index (χ4v) is 2.88. The van der Waals surface area contributed by atoms with E-state index in [0.29, 0.717) is 27.8 Å². The molecule has 0 spiro atoms. The summed E-state index contributed by atoms with van der Waals surface area (Å²) in [5.74, 6) is -0.918. The van der Waals surface area contributed by atoms with Gasteiger partial charge in [0.25, 0.3) is 5.91 Å². The molecule has 1 aliphatic rings. The van der Waals surface area contributed by atoms with E-state index >= 15 is 0 Å². The van der Waals surface area contributed by atoms with Crippen molar-refractivity contribution in [2.45, 2.75) is 18.7 Å². The molecule has 1 aromatic heterocycles. The fraction of sp³-hybridized carbons (Fsp3) is 0.158. The van der Waals surface area contributed by atoms with E-state index in [1.807, 2.05) is 0 Å². The summed E-state index contributed by atoms with van der Waals surface area (Å²) >= 11 is 0. The maximum Gasteiger partial charge on any atom is 0.435 e. The van der Waals surface area contributed by atoms with Crippen LogP contribution in [0, 0.1) is 5.82 Å². The second-order valence-corrected chi connectivity index (χ2v) is 6.41. The van der Waals surface area contributed by atoms with Crippen LogP contribution >= 0.6 is 0 Å². The zero-order valence-corrected chi connectivity index (χ0v) is 15.1. The van der Waals surface area contributed by atoms with Crippen molar-refractivity contribution >= 4 is 17.3 Å².